The lowest BCUT2D eigenvalue weighted by atomic mass is 9.87. The third kappa shape index (κ3) is 6.15. The predicted molar refractivity (Wildman–Crippen MR) is 99.2 cm³/mol. The highest BCUT2D eigenvalue weighted by molar-refractivity contribution is 5.90. The summed E-state index contributed by atoms with van der Waals surface area (Å²) >= 11 is 0. The van der Waals surface area contributed by atoms with E-state index < -0.39 is 5.97 Å². The van der Waals surface area contributed by atoms with Gasteiger partial charge in [0.2, 0.25) is 0 Å². The largest absolute Gasteiger partial charge is 0.478 e. The molecule has 2 nitrogen and oxygen atoms in total. The average Bonchev–Trinajstić information content (AvgIpc) is 2.48. The Hall–Kier alpha value is -0.778. The molecule has 1 rings (SSSR count). The maximum absolute atomic E-state index is 11.5. The van der Waals surface area contributed by atoms with Crippen molar-refractivity contribution >= 4 is 23.3 Å². The molecule has 0 atom stereocenters. The molecule has 0 aliphatic heterocycles. The Morgan fingerprint density at radius 1 is 0.864 bits per heavy atom. The first-order valence-electron chi connectivity index (χ1n) is 8.52. The Kier molecular flexibility index (Phi) is 11.3. The SMILES string of the molecule is CCCCc1ccc(C(=O)O)c(CCCC)c1CCCC.[AlH3]. The standard InChI is InChI=1S/C19H30O2.Al.3H/c1-4-7-10-15-13-14-18(19(20)21)17(12-9-6-3)16(15)11-8-5-2;;;;/h13-14H,4-12H2,1-3H3,(H,20,21);;;;. The molecule has 0 spiro atoms. The molecule has 0 aliphatic rings. The molecule has 0 bridgehead atoms. The highest BCUT2D eigenvalue weighted by Crippen LogP contribution is 2.25. The summed E-state index contributed by atoms with van der Waals surface area (Å²) in [6.07, 6.45) is 9.82. The van der Waals surface area contributed by atoms with Gasteiger partial charge in [0, 0.05) is 0 Å². The van der Waals surface area contributed by atoms with Crippen LogP contribution in [0.15, 0.2) is 12.1 Å². The van der Waals surface area contributed by atoms with E-state index in [0.717, 1.165) is 50.5 Å². The molecule has 22 heavy (non-hydrogen) atoms. The first-order valence-corrected chi connectivity index (χ1v) is 8.52. The van der Waals surface area contributed by atoms with E-state index in [0.29, 0.717) is 5.56 Å². The van der Waals surface area contributed by atoms with E-state index in [9.17, 15) is 9.90 Å². The number of unbranched alkanes of at least 4 members (excludes halogenated alkanes) is 3. The van der Waals surface area contributed by atoms with Gasteiger partial charge >= 0.3 is 5.97 Å². The Morgan fingerprint density at radius 3 is 1.86 bits per heavy atom. The van der Waals surface area contributed by atoms with Gasteiger partial charge in [-0.15, -0.1) is 0 Å². The minimum atomic E-state index is -0.777. The zero-order valence-electron chi connectivity index (χ0n) is 13.9. The van der Waals surface area contributed by atoms with Gasteiger partial charge < -0.3 is 5.11 Å². The van der Waals surface area contributed by atoms with Gasteiger partial charge in [-0.25, -0.2) is 4.79 Å². The number of hydrogen-bond acceptors (Lipinski definition) is 1. The molecule has 0 amide bonds. The van der Waals surface area contributed by atoms with E-state index in [1.54, 1.807) is 0 Å². The van der Waals surface area contributed by atoms with E-state index in [2.05, 4.69) is 26.8 Å². The second-order valence-corrected chi connectivity index (χ2v) is 5.85. The van der Waals surface area contributed by atoms with Crippen molar-refractivity contribution < 1.29 is 9.90 Å². The zero-order chi connectivity index (χ0) is 15.7. The van der Waals surface area contributed by atoms with Crippen LogP contribution in [0.4, 0.5) is 0 Å². The fourth-order valence-corrected chi connectivity index (χ4v) is 2.85. The summed E-state index contributed by atoms with van der Waals surface area (Å²) in [5.74, 6) is -0.777. The summed E-state index contributed by atoms with van der Waals surface area (Å²) in [4.78, 5) is 11.5. The Labute approximate surface area is 146 Å². The predicted octanol–water partition coefficient (Wildman–Crippen LogP) is 4.23. The second-order valence-electron chi connectivity index (χ2n) is 5.85. The van der Waals surface area contributed by atoms with Crippen molar-refractivity contribution in [1.82, 2.24) is 0 Å². The number of carboxylic acid groups (broad SMARTS) is 1. The molecule has 124 valence electrons. The molecule has 1 aromatic rings. The van der Waals surface area contributed by atoms with Crippen molar-refractivity contribution in [2.45, 2.75) is 78.6 Å². The van der Waals surface area contributed by atoms with Gasteiger partial charge in [0.15, 0.2) is 17.4 Å². The Balaban J connectivity index is 0.00000441. The summed E-state index contributed by atoms with van der Waals surface area (Å²) in [5.41, 5.74) is 4.33. The van der Waals surface area contributed by atoms with Crippen LogP contribution in [0.3, 0.4) is 0 Å². The van der Waals surface area contributed by atoms with Crippen molar-refractivity contribution in [2.75, 3.05) is 0 Å². The average molecular weight is 320 g/mol. The lowest BCUT2D eigenvalue weighted by Crippen LogP contribution is -2.09. The topological polar surface area (TPSA) is 37.3 Å². The highest BCUT2D eigenvalue weighted by atomic mass is 27.0. The van der Waals surface area contributed by atoms with Crippen LogP contribution in [0.25, 0.3) is 0 Å². The minimum Gasteiger partial charge on any atom is -0.478 e. The number of benzene rings is 1. The third-order valence-electron chi connectivity index (χ3n) is 4.12. The molecule has 0 heterocycles. The molecule has 3 heteroatoms. The van der Waals surface area contributed by atoms with Crippen LogP contribution in [0.5, 0.6) is 0 Å². The molecule has 1 N–H and O–H groups in total. The van der Waals surface area contributed by atoms with Gasteiger partial charge in [-0.2, -0.15) is 0 Å². The van der Waals surface area contributed by atoms with Crippen LogP contribution in [-0.2, 0) is 19.3 Å². The fraction of sp³-hybridized carbons (Fsp3) is 0.632. The second kappa shape index (κ2) is 11.7. The Morgan fingerprint density at radius 2 is 1.36 bits per heavy atom. The summed E-state index contributed by atoms with van der Waals surface area (Å²) in [6.45, 7) is 6.56. The monoisotopic (exact) mass is 320 g/mol. The normalized spacial score (nSPS) is 10.3. The number of rotatable bonds is 10. The van der Waals surface area contributed by atoms with E-state index in [1.165, 1.54) is 24.0 Å². The summed E-state index contributed by atoms with van der Waals surface area (Å²) in [6, 6.07) is 3.88. The maximum Gasteiger partial charge on any atom is 0.335 e. The molecule has 0 aromatic heterocycles. The molecular formula is C19H33AlO2. The number of carboxylic acids is 1. The van der Waals surface area contributed by atoms with Crippen LogP contribution in [-0.4, -0.2) is 28.4 Å². The molecule has 0 saturated heterocycles. The number of aromatic carboxylic acids is 1. The molecule has 0 saturated carbocycles. The van der Waals surface area contributed by atoms with Crippen LogP contribution in [0.2, 0.25) is 0 Å². The smallest absolute Gasteiger partial charge is 0.335 e. The third-order valence-corrected chi connectivity index (χ3v) is 4.12. The fourth-order valence-electron chi connectivity index (χ4n) is 2.85. The summed E-state index contributed by atoms with van der Waals surface area (Å²) in [7, 11) is 0. The number of hydrogen-bond donors (Lipinski definition) is 1. The summed E-state index contributed by atoms with van der Waals surface area (Å²) < 4.78 is 0. The van der Waals surface area contributed by atoms with Crippen molar-refractivity contribution in [2.24, 2.45) is 0 Å². The first-order chi connectivity index (χ1) is 10.2. The van der Waals surface area contributed by atoms with Crippen molar-refractivity contribution in [3.05, 3.63) is 34.4 Å². The maximum atomic E-state index is 11.5. The van der Waals surface area contributed by atoms with Crippen molar-refractivity contribution in [3.8, 4) is 0 Å². The quantitative estimate of drug-likeness (QED) is 0.655. The van der Waals surface area contributed by atoms with E-state index in [1.807, 2.05) is 6.07 Å². The minimum absolute atomic E-state index is 0. The Bertz CT molecular complexity index is 455. The highest BCUT2D eigenvalue weighted by Gasteiger charge is 2.16. The zero-order valence-corrected chi connectivity index (χ0v) is 13.9. The number of aryl methyl sites for hydroxylation is 1. The molecular weight excluding hydrogens is 287 g/mol. The van der Waals surface area contributed by atoms with Gasteiger partial charge in [-0.3, -0.25) is 0 Å². The van der Waals surface area contributed by atoms with Gasteiger partial charge in [0.25, 0.3) is 0 Å². The first kappa shape index (κ1) is 21.2. The molecule has 0 radical (unpaired) electrons. The van der Waals surface area contributed by atoms with Crippen molar-refractivity contribution in [3.63, 3.8) is 0 Å². The van der Waals surface area contributed by atoms with Crippen LogP contribution in [0.1, 0.15) is 86.3 Å². The van der Waals surface area contributed by atoms with E-state index in [4.69, 9.17) is 0 Å². The lowest BCUT2D eigenvalue weighted by molar-refractivity contribution is 0.0695. The van der Waals surface area contributed by atoms with Gasteiger partial charge in [-0.05, 0) is 61.3 Å². The van der Waals surface area contributed by atoms with Crippen LogP contribution < -0.4 is 0 Å². The van der Waals surface area contributed by atoms with E-state index >= 15 is 0 Å². The molecule has 0 fully saturated rings. The molecule has 0 unspecified atom stereocenters. The number of carbonyl (C=O) groups is 1. The molecule has 0 aliphatic carbocycles. The van der Waals surface area contributed by atoms with Crippen LogP contribution >= 0.6 is 0 Å². The molecule has 1 aromatic carbocycles. The van der Waals surface area contributed by atoms with Gasteiger partial charge in [0.1, 0.15) is 0 Å². The van der Waals surface area contributed by atoms with Gasteiger partial charge in [-0.1, -0.05) is 46.1 Å². The van der Waals surface area contributed by atoms with Gasteiger partial charge in [0.05, 0.1) is 5.56 Å². The summed E-state index contributed by atoms with van der Waals surface area (Å²) in [5, 5.41) is 9.48. The van der Waals surface area contributed by atoms with E-state index in [-0.39, 0.29) is 17.4 Å². The van der Waals surface area contributed by atoms with Crippen molar-refractivity contribution in [1.29, 1.82) is 0 Å². The lowest BCUT2D eigenvalue weighted by Gasteiger charge is -2.17. The van der Waals surface area contributed by atoms with Crippen LogP contribution in [0, 0.1) is 0 Å².